The third kappa shape index (κ3) is 4.08. The highest BCUT2D eigenvalue weighted by atomic mass is 16.6. The minimum atomic E-state index is -0.486. The van der Waals surface area contributed by atoms with Crippen molar-refractivity contribution in [2.45, 2.75) is 45.3 Å². The largest absolute Gasteiger partial charge is 0.444 e. The summed E-state index contributed by atoms with van der Waals surface area (Å²) < 4.78 is 5.53. The van der Waals surface area contributed by atoms with Crippen LogP contribution in [-0.4, -0.2) is 62.7 Å². The van der Waals surface area contributed by atoms with Gasteiger partial charge in [-0.25, -0.2) is 19.7 Å². The molecule has 1 aliphatic heterocycles. The first-order chi connectivity index (χ1) is 14.3. The van der Waals surface area contributed by atoms with Crippen LogP contribution >= 0.6 is 0 Å². The number of amides is 1. The van der Waals surface area contributed by atoms with Crippen LogP contribution in [0.25, 0.3) is 22.2 Å². The molecule has 0 atom stereocenters. The summed E-state index contributed by atoms with van der Waals surface area (Å²) in [6.45, 7) is 7.38. The number of hydrogen-bond acceptors (Lipinski definition) is 6. The molecular weight excluding hydrogens is 380 g/mol. The summed E-state index contributed by atoms with van der Waals surface area (Å²) in [6.07, 6.45) is 10.5. The van der Waals surface area contributed by atoms with Gasteiger partial charge in [0.25, 0.3) is 0 Å². The predicted molar refractivity (Wildman–Crippen MR) is 116 cm³/mol. The van der Waals surface area contributed by atoms with E-state index in [-0.39, 0.29) is 12.1 Å². The molecule has 3 aromatic heterocycles. The second-order valence-electron chi connectivity index (χ2n) is 8.69. The topological polar surface area (TPSA) is 87.2 Å². The summed E-state index contributed by atoms with van der Waals surface area (Å²) >= 11 is 0. The standard InChI is InChI=1S/C22H28N6O2/c1-22(2,3)30-21(29)27(4)16-6-9-28(10-7-16)18-5-8-25-20-19(18)17(13-26-20)15-11-23-14-24-12-15/h5,8,11-14,16H,6-7,9-10H2,1-4H3,(H,25,26). The van der Waals surface area contributed by atoms with E-state index in [1.165, 1.54) is 6.33 Å². The minimum Gasteiger partial charge on any atom is -0.444 e. The van der Waals surface area contributed by atoms with Gasteiger partial charge < -0.3 is 19.5 Å². The highest BCUT2D eigenvalue weighted by Gasteiger charge is 2.29. The van der Waals surface area contributed by atoms with Gasteiger partial charge in [0.05, 0.1) is 0 Å². The predicted octanol–water partition coefficient (Wildman–Crippen LogP) is 3.86. The fraction of sp³-hybridized carbons (Fsp3) is 0.455. The van der Waals surface area contributed by atoms with Crippen LogP contribution in [-0.2, 0) is 4.74 Å². The maximum Gasteiger partial charge on any atom is 0.410 e. The van der Waals surface area contributed by atoms with E-state index in [9.17, 15) is 4.79 Å². The number of pyridine rings is 1. The molecule has 30 heavy (non-hydrogen) atoms. The molecule has 8 nitrogen and oxygen atoms in total. The van der Waals surface area contributed by atoms with E-state index in [1.807, 2.05) is 52.6 Å². The van der Waals surface area contributed by atoms with Gasteiger partial charge in [-0.1, -0.05) is 0 Å². The summed E-state index contributed by atoms with van der Waals surface area (Å²) in [5.74, 6) is 0. The number of carbonyl (C=O) groups is 1. The number of aromatic amines is 1. The summed E-state index contributed by atoms with van der Waals surface area (Å²) in [5, 5.41) is 1.08. The number of piperidine rings is 1. The average molecular weight is 409 g/mol. The van der Waals surface area contributed by atoms with E-state index in [1.54, 1.807) is 4.90 Å². The molecule has 4 rings (SSSR count). The van der Waals surface area contributed by atoms with Crippen molar-refractivity contribution in [2.75, 3.05) is 25.0 Å². The number of rotatable bonds is 3. The first-order valence-corrected chi connectivity index (χ1v) is 10.3. The molecule has 1 amide bonds. The number of aromatic nitrogens is 4. The second kappa shape index (κ2) is 7.93. The lowest BCUT2D eigenvalue weighted by Crippen LogP contribution is -2.47. The van der Waals surface area contributed by atoms with Crippen LogP contribution < -0.4 is 4.90 Å². The van der Waals surface area contributed by atoms with Gasteiger partial charge in [0.2, 0.25) is 0 Å². The van der Waals surface area contributed by atoms with Crippen LogP contribution in [0.2, 0.25) is 0 Å². The number of hydrogen-bond donors (Lipinski definition) is 1. The Kier molecular flexibility index (Phi) is 5.32. The summed E-state index contributed by atoms with van der Waals surface area (Å²) in [7, 11) is 1.83. The summed E-state index contributed by atoms with van der Waals surface area (Å²) in [6, 6.07) is 2.23. The van der Waals surface area contributed by atoms with Crippen LogP contribution in [0, 0.1) is 0 Å². The Hall–Kier alpha value is -3.16. The van der Waals surface area contributed by atoms with Gasteiger partial charge >= 0.3 is 6.09 Å². The molecule has 158 valence electrons. The number of nitrogens with zero attached hydrogens (tertiary/aromatic N) is 5. The van der Waals surface area contributed by atoms with Crippen LogP contribution in [0.5, 0.6) is 0 Å². The van der Waals surface area contributed by atoms with E-state index < -0.39 is 5.60 Å². The van der Waals surface area contributed by atoms with Gasteiger partial charge in [-0.2, -0.15) is 0 Å². The Morgan fingerprint density at radius 2 is 1.93 bits per heavy atom. The van der Waals surface area contributed by atoms with Crippen molar-refractivity contribution in [1.29, 1.82) is 0 Å². The Morgan fingerprint density at radius 1 is 1.23 bits per heavy atom. The molecular formula is C22H28N6O2. The molecule has 0 radical (unpaired) electrons. The smallest absolute Gasteiger partial charge is 0.410 e. The lowest BCUT2D eigenvalue weighted by atomic mass is 10.0. The molecule has 0 saturated carbocycles. The highest BCUT2D eigenvalue weighted by Crippen LogP contribution is 2.35. The molecule has 4 heterocycles. The van der Waals surface area contributed by atoms with Crippen molar-refractivity contribution >= 4 is 22.8 Å². The van der Waals surface area contributed by atoms with E-state index in [4.69, 9.17) is 4.74 Å². The van der Waals surface area contributed by atoms with Crippen molar-refractivity contribution in [3.05, 3.63) is 37.2 Å². The van der Waals surface area contributed by atoms with Crippen molar-refractivity contribution < 1.29 is 9.53 Å². The van der Waals surface area contributed by atoms with Crippen molar-refractivity contribution in [3.8, 4) is 11.1 Å². The van der Waals surface area contributed by atoms with Crippen LogP contribution in [0.3, 0.4) is 0 Å². The Labute approximate surface area is 176 Å². The minimum absolute atomic E-state index is 0.168. The zero-order valence-electron chi connectivity index (χ0n) is 17.9. The molecule has 0 bridgehead atoms. The molecule has 3 aromatic rings. The molecule has 1 N–H and O–H groups in total. The van der Waals surface area contributed by atoms with Crippen molar-refractivity contribution in [1.82, 2.24) is 24.8 Å². The zero-order chi connectivity index (χ0) is 21.3. The van der Waals surface area contributed by atoms with Gasteiger partial charge in [0, 0.05) is 73.2 Å². The van der Waals surface area contributed by atoms with Gasteiger partial charge in [-0.3, -0.25) is 0 Å². The van der Waals surface area contributed by atoms with Crippen LogP contribution in [0.15, 0.2) is 37.2 Å². The Morgan fingerprint density at radius 3 is 2.60 bits per heavy atom. The summed E-state index contributed by atoms with van der Waals surface area (Å²) in [5.41, 5.74) is 3.50. The number of carbonyl (C=O) groups excluding carboxylic acids is 1. The molecule has 1 fully saturated rings. The van der Waals surface area contributed by atoms with Crippen LogP contribution in [0.1, 0.15) is 33.6 Å². The van der Waals surface area contributed by atoms with Gasteiger partial charge in [-0.15, -0.1) is 0 Å². The van der Waals surface area contributed by atoms with E-state index >= 15 is 0 Å². The normalized spacial score (nSPS) is 15.4. The zero-order valence-corrected chi connectivity index (χ0v) is 17.9. The Bertz CT molecular complexity index is 1020. The SMILES string of the molecule is CN(C(=O)OC(C)(C)C)C1CCN(c2ccnc3[nH]cc(-c4cncnc4)c23)CC1. The molecule has 0 aliphatic carbocycles. The van der Waals surface area contributed by atoms with Gasteiger partial charge in [-0.05, 0) is 39.7 Å². The molecule has 0 unspecified atom stereocenters. The first kappa shape index (κ1) is 20.1. The monoisotopic (exact) mass is 408 g/mol. The molecule has 0 aromatic carbocycles. The highest BCUT2D eigenvalue weighted by molar-refractivity contribution is 6.02. The maximum absolute atomic E-state index is 12.4. The first-order valence-electron chi connectivity index (χ1n) is 10.3. The van der Waals surface area contributed by atoms with Crippen LogP contribution in [0.4, 0.5) is 10.5 Å². The fourth-order valence-electron chi connectivity index (χ4n) is 3.95. The molecule has 0 spiro atoms. The quantitative estimate of drug-likeness (QED) is 0.708. The third-order valence-corrected chi connectivity index (χ3v) is 5.46. The lowest BCUT2D eigenvalue weighted by molar-refractivity contribution is 0.0201. The second-order valence-corrected chi connectivity index (χ2v) is 8.69. The van der Waals surface area contributed by atoms with Crippen molar-refractivity contribution in [2.24, 2.45) is 0 Å². The summed E-state index contributed by atoms with van der Waals surface area (Å²) in [4.78, 5) is 32.6. The van der Waals surface area contributed by atoms with Gasteiger partial charge in [0.1, 0.15) is 17.6 Å². The number of ether oxygens (including phenoxy) is 1. The van der Waals surface area contributed by atoms with E-state index in [2.05, 4.69) is 30.9 Å². The fourth-order valence-corrected chi connectivity index (χ4v) is 3.95. The number of anilines is 1. The Balaban J connectivity index is 1.53. The van der Waals surface area contributed by atoms with Gasteiger partial charge in [0.15, 0.2) is 0 Å². The van der Waals surface area contributed by atoms with E-state index in [0.29, 0.717) is 0 Å². The molecule has 1 aliphatic rings. The molecule has 8 heteroatoms. The van der Waals surface area contributed by atoms with E-state index in [0.717, 1.165) is 53.8 Å². The lowest BCUT2D eigenvalue weighted by Gasteiger charge is -2.38. The number of fused-ring (bicyclic) bond motifs is 1. The number of nitrogens with one attached hydrogen (secondary N) is 1. The third-order valence-electron chi connectivity index (χ3n) is 5.46. The maximum atomic E-state index is 12.4. The number of H-pyrrole nitrogens is 1. The average Bonchev–Trinajstić information content (AvgIpc) is 3.17. The van der Waals surface area contributed by atoms with Crippen molar-refractivity contribution in [3.63, 3.8) is 0 Å². The molecule has 1 saturated heterocycles.